The SMILES string of the molecule is COc1cc(C)c(C(C)C)cc1S(=O)(=O)N(C)C. The van der Waals surface area contributed by atoms with Crippen LogP contribution in [-0.2, 0) is 10.0 Å². The highest BCUT2D eigenvalue weighted by atomic mass is 32.2. The zero-order chi connectivity index (χ0) is 14.1. The summed E-state index contributed by atoms with van der Waals surface area (Å²) in [5.74, 6) is 0.664. The molecule has 0 bridgehead atoms. The van der Waals surface area contributed by atoms with Crippen LogP contribution in [0.5, 0.6) is 5.75 Å². The number of rotatable bonds is 4. The molecule has 0 N–H and O–H groups in total. The highest BCUT2D eigenvalue weighted by Gasteiger charge is 2.24. The van der Waals surface area contributed by atoms with E-state index < -0.39 is 10.0 Å². The maximum absolute atomic E-state index is 12.2. The van der Waals surface area contributed by atoms with Gasteiger partial charge in [0.15, 0.2) is 0 Å². The molecule has 1 aromatic rings. The molecule has 1 rings (SSSR count). The van der Waals surface area contributed by atoms with Crippen molar-refractivity contribution in [3.05, 3.63) is 23.3 Å². The van der Waals surface area contributed by atoms with E-state index in [-0.39, 0.29) is 10.8 Å². The van der Waals surface area contributed by atoms with Crippen molar-refractivity contribution in [2.24, 2.45) is 0 Å². The average Bonchev–Trinajstić information content (AvgIpc) is 2.27. The third-order valence-corrected chi connectivity index (χ3v) is 4.77. The van der Waals surface area contributed by atoms with Gasteiger partial charge in [0.25, 0.3) is 0 Å². The first-order valence-corrected chi connectivity index (χ1v) is 7.26. The smallest absolute Gasteiger partial charge is 0.246 e. The molecule has 0 heterocycles. The summed E-state index contributed by atoms with van der Waals surface area (Å²) in [6.45, 7) is 6.05. The van der Waals surface area contributed by atoms with Gasteiger partial charge in [0, 0.05) is 14.1 Å². The van der Waals surface area contributed by atoms with Gasteiger partial charge in [-0.25, -0.2) is 12.7 Å². The van der Waals surface area contributed by atoms with Crippen LogP contribution in [-0.4, -0.2) is 33.9 Å². The largest absolute Gasteiger partial charge is 0.495 e. The molecule has 4 nitrogen and oxygen atoms in total. The predicted octanol–water partition coefficient (Wildman–Crippen LogP) is 2.38. The van der Waals surface area contributed by atoms with Gasteiger partial charge < -0.3 is 4.74 Å². The van der Waals surface area contributed by atoms with Crippen molar-refractivity contribution in [1.82, 2.24) is 4.31 Å². The molecule has 0 radical (unpaired) electrons. The fourth-order valence-electron chi connectivity index (χ4n) is 1.86. The quantitative estimate of drug-likeness (QED) is 0.844. The Labute approximate surface area is 110 Å². The molecule has 0 spiro atoms. The first kappa shape index (κ1) is 15.0. The summed E-state index contributed by atoms with van der Waals surface area (Å²) < 4.78 is 30.9. The second kappa shape index (κ2) is 5.28. The minimum atomic E-state index is -3.48. The summed E-state index contributed by atoms with van der Waals surface area (Å²) in [6, 6.07) is 3.50. The summed E-state index contributed by atoms with van der Waals surface area (Å²) in [5.41, 5.74) is 2.07. The molecule has 1 aromatic carbocycles. The van der Waals surface area contributed by atoms with Gasteiger partial charge in [-0.05, 0) is 36.1 Å². The lowest BCUT2D eigenvalue weighted by Crippen LogP contribution is -2.23. The maximum atomic E-state index is 12.2. The van der Waals surface area contributed by atoms with Crippen LogP contribution in [0, 0.1) is 6.92 Å². The zero-order valence-electron chi connectivity index (χ0n) is 11.8. The van der Waals surface area contributed by atoms with E-state index >= 15 is 0 Å². The molecule has 102 valence electrons. The fraction of sp³-hybridized carbons (Fsp3) is 0.538. The highest BCUT2D eigenvalue weighted by molar-refractivity contribution is 7.89. The molecule has 0 aliphatic carbocycles. The topological polar surface area (TPSA) is 46.6 Å². The number of ether oxygens (including phenoxy) is 1. The van der Waals surface area contributed by atoms with Gasteiger partial charge in [-0.2, -0.15) is 0 Å². The van der Waals surface area contributed by atoms with Gasteiger partial charge >= 0.3 is 0 Å². The Balaban J connectivity index is 3.57. The number of hydrogen-bond donors (Lipinski definition) is 0. The van der Waals surface area contributed by atoms with E-state index in [9.17, 15) is 8.42 Å². The molecule has 0 amide bonds. The van der Waals surface area contributed by atoms with Crippen LogP contribution < -0.4 is 4.74 Å². The van der Waals surface area contributed by atoms with Crippen molar-refractivity contribution in [3.8, 4) is 5.75 Å². The first-order chi connectivity index (χ1) is 8.21. The van der Waals surface area contributed by atoms with Gasteiger partial charge in [-0.3, -0.25) is 0 Å². The van der Waals surface area contributed by atoms with Crippen molar-refractivity contribution >= 4 is 10.0 Å². The lowest BCUT2D eigenvalue weighted by Gasteiger charge is -2.18. The molecule has 0 unspecified atom stereocenters. The van der Waals surface area contributed by atoms with Gasteiger partial charge in [-0.15, -0.1) is 0 Å². The van der Waals surface area contributed by atoms with Crippen LogP contribution in [0.3, 0.4) is 0 Å². The lowest BCUT2D eigenvalue weighted by molar-refractivity contribution is 0.399. The number of nitrogens with zero attached hydrogens (tertiary/aromatic N) is 1. The molecule has 0 atom stereocenters. The van der Waals surface area contributed by atoms with Gasteiger partial charge in [-0.1, -0.05) is 13.8 Å². The Bertz CT molecular complexity index is 533. The van der Waals surface area contributed by atoms with Crippen LogP contribution in [0.15, 0.2) is 17.0 Å². The highest BCUT2D eigenvalue weighted by Crippen LogP contribution is 2.32. The van der Waals surface area contributed by atoms with Crippen molar-refractivity contribution < 1.29 is 13.2 Å². The van der Waals surface area contributed by atoms with E-state index in [1.165, 1.54) is 25.5 Å². The molecule has 0 saturated carbocycles. The van der Waals surface area contributed by atoms with Crippen LogP contribution in [0.1, 0.15) is 30.9 Å². The van der Waals surface area contributed by atoms with E-state index in [0.29, 0.717) is 5.75 Å². The van der Waals surface area contributed by atoms with Crippen molar-refractivity contribution in [2.45, 2.75) is 31.6 Å². The number of methoxy groups -OCH3 is 1. The maximum Gasteiger partial charge on any atom is 0.246 e. The van der Waals surface area contributed by atoms with Gasteiger partial charge in [0.1, 0.15) is 10.6 Å². The van der Waals surface area contributed by atoms with Crippen molar-refractivity contribution in [3.63, 3.8) is 0 Å². The van der Waals surface area contributed by atoms with Gasteiger partial charge in [0.05, 0.1) is 7.11 Å². The minimum absolute atomic E-state index is 0.226. The summed E-state index contributed by atoms with van der Waals surface area (Å²) in [7, 11) is 1.04. The Morgan fingerprint density at radius 2 is 1.78 bits per heavy atom. The third-order valence-electron chi connectivity index (χ3n) is 2.93. The summed E-state index contributed by atoms with van der Waals surface area (Å²) in [5, 5.41) is 0. The minimum Gasteiger partial charge on any atom is -0.495 e. The zero-order valence-corrected chi connectivity index (χ0v) is 12.6. The van der Waals surface area contributed by atoms with E-state index in [2.05, 4.69) is 0 Å². The molecule has 0 fully saturated rings. The molecule has 0 aliphatic heterocycles. The number of sulfonamides is 1. The summed E-state index contributed by atoms with van der Waals surface area (Å²) >= 11 is 0. The number of benzene rings is 1. The average molecular weight is 271 g/mol. The second-order valence-electron chi connectivity index (χ2n) is 4.80. The van der Waals surface area contributed by atoms with Crippen molar-refractivity contribution in [2.75, 3.05) is 21.2 Å². The monoisotopic (exact) mass is 271 g/mol. The number of hydrogen-bond acceptors (Lipinski definition) is 3. The van der Waals surface area contributed by atoms with Crippen LogP contribution in [0.25, 0.3) is 0 Å². The normalized spacial score (nSPS) is 12.2. The standard InChI is InChI=1S/C13H21NO3S/c1-9(2)11-8-13(18(15,16)14(4)5)12(17-6)7-10(11)3/h7-9H,1-6H3. The summed E-state index contributed by atoms with van der Waals surface area (Å²) in [6.07, 6.45) is 0. The van der Waals surface area contributed by atoms with Crippen LogP contribution in [0.2, 0.25) is 0 Å². The molecular formula is C13H21NO3S. The molecule has 5 heteroatoms. The Kier molecular flexibility index (Phi) is 4.40. The molecule has 0 aliphatic rings. The predicted molar refractivity (Wildman–Crippen MR) is 72.7 cm³/mol. The Morgan fingerprint density at radius 3 is 2.17 bits per heavy atom. The van der Waals surface area contributed by atoms with E-state index in [1.54, 1.807) is 12.1 Å². The van der Waals surface area contributed by atoms with E-state index in [4.69, 9.17) is 4.74 Å². The summed E-state index contributed by atoms with van der Waals surface area (Å²) in [4.78, 5) is 0.226. The first-order valence-electron chi connectivity index (χ1n) is 5.82. The third kappa shape index (κ3) is 2.67. The van der Waals surface area contributed by atoms with Crippen LogP contribution >= 0.6 is 0 Å². The molecule has 0 saturated heterocycles. The molecule has 0 aromatic heterocycles. The lowest BCUT2D eigenvalue weighted by atomic mass is 9.98. The Morgan fingerprint density at radius 1 is 1.22 bits per heavy atom. The fourth-order valence-corrected chi connectivity index (χ4v) is 2.92. The second-order valence-corrected chi connectivity index (χ2v) is 6.92. The number of aryl methyl sites for hydroxylation is 1. The van der Waals surface area contributed by atoms with Crippen molar-refractivity contribution in [1.29, 1.82) is 0 Å². The van der Waals surface area contributed by atoms with Crippen LogP contribution in [0.4, 0.5) is 0 Å². The van der Waals surface area contributed by atoms with E-state index in [1.807, 2.05) is 20.8 Å². The Hall–Kier alpha value is -1.07. The molecular weight excluding hydrogens is 250 g/mol. The van der Waals surface area contributed by atoms with Gasteiger partial charge in [0.2, 0.25) is 10.0 Å². The molecule has 18 heavy (non-hydrogen) atoms. The van der Waals surface area contributed by atoms with E-state index in [0.717, 1.165) is 11.1 Å².